The molecule has 2 aromatic carbocycles. The number of carboxylic acid groups (broad SMARTS) is 1. The number of aliphatic carboxylic acids is 1. The number of likely N-dealkylation sites (tertiary alicyclic amines) is 1. The van der Waals surface area contributed by atoms with Crippen LogP contribution in [0, 0.1) is 5.41 Å². The summed E-state index contributed by atoms with van der Waals surface area (Å²) < 4.78 is 10.9. The van der Waals surface area contributed by atoms with Gasteiger partial charge in [-0.25, -0.2) is 9.59 Å². The van der Waals surface area contributed by atoms with Gasteiger partial charge in [0.1, 0.15) is 12.6 Å². The Hall–Kier alpha value is -3.39. The number of nitrogens with zero attached hydrogens (tertiary/aromatic N) is 1. The van der Waals surface area contributed by atoms with Crippen molar-refractivity contribution in [3.8, 4) is 11.1 Å². The van der Waals surface area contributed by atoms with Crippen LogP contribution in [-0.4, -0.2) is 66.9 Å². The molecule has 0 radical (unpaired) electrons. The van der Waals surface area contributed by atoms with Crippen LogP contribution in [0.5, 0.6) is 0 Å². The van der Waals surface area contributed by atoms with Gasteiger partial charge in [-0.1, -0.05) is 55.5 Å². The van der Waals surface area contributed by atoms with Crippen LogP contribution in [0.4, 0.5) is 4.79 Å². The number of ether oxygens (including phenoxy) is 2. The fraction of sp³-hybridized carbons (Fsp3) is 0.444. The number of methoxy groups -OCH3 is 1. The largest absolute Gasteiger partial charge is 0.480 e. The van der Waals surface area contributed by atoms with Crippen LogP contribution in [0.1, 0.15) is 43.7 Å². The minimum absolute atomic E-state index is 0.0412. The molecule has 8 nitrogen and oxygen atoms in total. The number of carboxylic acids is 1. The maximum absolute atomic E-state index is 13.3. The molecule has 0 saturated carbocycles. The summed E-state index contributed by atoms with van der Waals surface area (Å²) in [4.78, 5) is 39.0. The second kappa shape index (κ2) is 10.1. The van der Waals surface area contributed by atoms with Gasteiger partial charge < -0.3 is 24.8 Å². The van der Waals surface area contributed by atoms with Gasteiger partial charge in [0.05, 0.1) is 11.5 Å². The Kier molecular flexibility index (Phi) is 7.12. The van der Waals surface area contributed by atoms with E-state index in [1.807, 2.05) is 31.2 Å². The second-order valence-corrected chi connectivity index (χ2v) is 9.50. The van der Waals surface area contributed by atoms with Crippen LogP contribution in [0.25, 0.3) is 11.1 Å². The van der Waals surface area contributed by atoms with Gasteiger partial charge in [0.2, 0.25) is 5.91 Å². The van der Waals surface area contributed by atoms with Gasteiger partial charge in [-0.3, -0.25) is 4.79 Å². The fourth-order valence-corrected chi connectivity index (χ4v) is 5.04. The van der Waals surface area contributed by atoms with Crippen LogP contribution >= 0.6 is 0 Å². The van der Waals surface area contributed by atoms with E-state index >= 15 is 0 Å². The zero-order valence-electron chi connectivity index (χ0n) is 20.3. The Morgan fingerprint density at radius 1 is 1.09 bits per heavy atom. The van der Waals surface area contributed by atoms with Gasteiger partial charge >= 0.3 is 12.1 Å². The maximum atomic E-state index is 13.3. The van der Waals surface area contributed by atoms with Gasteiger partial charge in [-0.05, 0) is 35.6 Å². The summed E-state index contributed by atoms with van der Waals surface area (Å²) in [5.41, 5.74) is 3.57. The molecule has 1 heterocycles. The Bertz CT molecular complexity index is 1070. The highest BCUT2D eigenvalue weighted by Gasteiger charge is 2.45. The van der Waals surface area contributed by atoms with Crippen molar-refractivity contribution in [2.24, 2.45) is 5.41 Å². The van der Waals surface area contributed by atoms with Crippen molar-refractivity contribution in [1.29, 1.82) is 0 Å². The third-order valence-electron chi connectivity index (χ3n) is 7.41. The van der Waals surface area contributed by atoms with Gasteiger partial charge in [0.25, 0.3) is 0 Å². The number of hydrogen-bond acceptors (Lipinski definition) is 5. The summed E-state index contributed by atoms with van der Waals surface area (Å²) in [6.45, 7) is 4.01. The van der Waals surface area contributed by atoms with E-state index in [9.17, 15) is 19.5 Å². The zero-order chi connectivity index (χ0) is 25.2. The smallest absolute Gasteiger partial charge is 0.407 e. The normalized spacial score (nSPS) is 20.6. The summed E-state index contributed by atoms with van der Waals surface area (Å²) >= 11 is 0. The average Bonchev–Trinajstić information content (AvgIpc) is 3.45. The predicted octanol–water partition coefficient (Wildman–Crippen LogP) is 3.64. The molecule has 35 heavy (non-hydrogen) atoms. The fourth-order valence-electron chi connectivity index (χ4n) is 5.04. The molecule has 8 heteroatoms. The van der Waals surface area contributed by atoms with Gasteiger partial charge in [0.15, 0.2) is 0 Å². The SMILES string of the molecule is CCC(C)(CNC(=O)OCC1c2ccccc2-c2ccccc21)C(=O)N1CC(OC)CC1C(=O)O. The molecule has 0 bridgehead atoms. The van der Waals surface area contributed by atoms with Crippen molar-refractivity contribution in [2.45, 2.75) is 44.8 Å². The standard InChI is InChI=1S/C27H32N2O6/c1-4-27(2,25(32)29-14-17(34-3)13-23(29)24(30)31)16-28-26(33)35-15-22-20-11-7-5-9-18(20)19-10-6-8-12-21(19)22/h5-12,17,22-23H,4,13-16H2,1-3H3,(H,28,33)(H,30,31). The van der Waals surface area contributed by atoms with E-state index in [0.29, 0.717) is 6.42 Å². The number of fused-ring (bicyclic) bond motifs is 3. The number of carbonyl (C=O) groups is 3. The van der Waals surface area contributed by atoms with Crippen LogP contribution in [-0.2, 0) is 19.1 Å². The molecule has 2 aliphatic rings. The van der Waals surface area contributed by atoms with E-state index in [4.69, 9.17) is 9.47 Å². The van der Waals surface area contributed by atoms with Gasteiger partial charge in [0, 0.05) is 32.5 Å². The molecule has 1 fully saturated rings. The van der Waals surface area contributed by atoms with E-state index < -0.39 is 23.5 Å². The van der Waals surface area contributed by atoms with E-state index in [2.05, 4.69) is 29.6 Å². The highest BCUT2D eigenvalue weighted by atomic mass is 16.5. The molecule has 0 aromatic heterocycles. The first kappa shape index (κ1) is 24.7. The Labute approximate surface area is 205 Å². The third-order valence-corrected chi connectivity index (χ3v) is 7.41. The predicted molar refractivity (Wildman–Crippen MR) is 130 cm³/mol. The first-order chi connectivity index (χ1) is 16.8. The number of nitrogens with one attached hydrogen (secondary N) is 1. The van der Waals surface area contributed by atoms with Crippen LogP contribution in [0.2, 0.25) is 0 Å². The van der Waals surface area contributed by atoms with E-state index in [1.54, 1.807) is 6.92 Å². The minimum atomic E-state index is -1.05. The van der Waals surface area contributed by atoms with E-state index in [0.717, 1.165) is 22.3 Å². The van der Waals surface area contributed by atoms with E-state index in [-0.39, 0.29) is 44.0 Å². The number of rotatable bonds is 8. The van der Waals surface area contributed by atoms with Crippen molar-refractivity contribution >= 4 is 18.0 Å². The van der Waals surface area contributed by atoms with Gasteiger partial charge in [-0.2, -0.15) is 0 Å². The lowest BCUT2D eigenvalue weighted by molar-refractivity contribution is -0.152. The second-order valence-electron chi connectivity index (χ2n) is 9.50. The average molecular weight is 481 g/mol. The van der Waals surface area contributed by atoms with Crippen LogP contribution < -0.4 is 5.32 Å². The molecule has 0 spiro atoms. The first-order valence-electron chi connectivity index (χ1n) is 11.9. The molecular formula is C27H32N2O6. The lowest BCUT2D eigenvalue weighted by Crippen LogP contribution is -2.51. The topological polar surface area (TPSA) is 105 Å². The zero-order valence-corrected chi connectivity index (χ0v) is 20.3. The molecule has 3 unspecified atom stereocenters. The van der Waals surface area contributed by atoms with E-state index in [1.165, 1.54) is 12.0 Å². The quantitative estimate of drug-likeness (QED) is 0.598. The first-order valence-corrected chi connectivity index (χ1v) is 11.9. The molecule has 186 valence electrons. The molecule has 3 atom stereocenters. The minimum Gasteiger partial charge on any atom is -0.480 e. The summed E-state index contributed by atoms with van der Waals surface area (Å²) in [6, 6.07) is 15.3. The highest BCUT2D eigenvalue weighted by Crippen LogP contribution is 2.44. The number of amides is 2. The lowest BCUT2D eigenvalue weighted by Gasteiger charge is -2.33. The lowest BCUT2D eigenvalue weighted by atomic mass is 9.85. The number of alkyl carbamates (subject to hydrolysis) is 1. The summed E-state index contributed by atoms with van der Waals surface area (Å²) in [5.74, 6) is -1.43. The molecule has 1 aliphatic heterocycles. The molecule has 1 saturated heterocycles. The van der Waals surface area contributed by atoms with Crippen LogP contribution in [0.3, 0.4) is 0 Å². The number of carbonyl (C=O) groups excluding carboxylic acids is 2. The number of hydrogen-bond donors (Lipinski definition) is 2. The van der Waals surface area contributed by atoms with Crippen LogP contribution in [0.15, 0.2) is 48.5 Å². The Balaban J connectivity index is 1.39. The molecule has 2 N–H and O–H groups in total. The molecule has 2 aromatic rings. The summed E-state index contributed by atoms with van der Waals surface area (Å²) in [6.07, 6.45) is -0.255. The molecule has 4 rings (SSSR count). The van der Waals surface area contributed by atoms with Crippen molar-refractivity contribution < 1.29 is 29.0 Å². The number of benzene rings is 2. The Morgan fingerprint density at radius 3 is 2.23 bits per heavy atom. The van der Waals surface area contributed by atoms with Gasteiger partial charge in [-0.15, -0.1) is 0 Å². The van der Waals surface area contributed by atoms with Crippen molar-refractivity contribution in [3.63, 3.8) is 0 Å². The van der Waals surface area contributed by atoms with Crippen molar-refractivity contribution in [3.05, 3.63) is 59.7 Å². The highest BCUT2D eigenvalue weighted by molar-refractivity contribution is 5.88. The monoisotopic (exact) mass is 480 g/mol. The molecule has 1 aliphatic carbocycles. The summed E-state index contributed by atoms with van der Waals surface area (Å²) in [5, 5.41) is 12.3. The molecular weight excluding hydrogens is 448 g/mol. The molecule has 2 amide bonds. The van der Waals surface area contributed by atoms with Crippen molar-refractivity contribution in [2.75, 3.05) is 26.8 Å². The summed E-state index contributed by atoms with van der Waals surface area (Å²) in [7, 11) is 1.51. The third kappa shape index (κ3) is 4.75. The maximum Gasteiger partial charge on any atom is 0.407 e. The van der Waals surface area contributed by atoms with Crippen molar-refractivity contribution in [1.82, 2.24) is 10.2 Å². The Morgan fingerprint density at radius 2 is 1.69 bits per heavy atom.